The molecule has 3 aromatic carbocycles. The van der Waals surface area contributed by atoms with E-state index < -0.39 is 15.7 Å². The molecule has 0 saturated carbocycles. The molecule has 0 N–H and O–H groups in total. The van der Waals surface area contributed by atoms with E-state index in [-0.39, 0.29) is 22.3 Å². The van der Waals surface area contributed by atoms with Crippen LogP contribution in [0.4, 0.5) is 5.82 Å². The molecule has 5 rings (SSSR count). The average Bonchev–Trinajstić information content (AvgIpc) is 3.48. The Hall–Kier alpha value is -4.21. The second-order valence-electron chi connectivity index (χ2n) is 8.57. The van der Waals surface area contributed by atoms with Gasteiger partial charge in [0.15, 0.2) is 5.76 Å². The maximum atomic E-state index is 13.6. The third-order valence-corrected chi connectivity index (χ3v) is 8.03. The summed E-state index contributed by atoms with van der Waals surface area (Å²) in [5, 5.41) is -0.311. The lowest BCUT2D eigenvalue weighted by atomic mass is 10.2. The molecule has 0 bridgehead atoms. The first-order valence-corrected chi connectivity index (χ1v) is 14.3. The van der Waals surface area contributed by atoms with Crippen LogP contribution >= 0.6 is 15.9 Å². The Morgan fingerprint density at radius 3 is 2.23 bits per heavy atom. The molecule has 0 saturated heterocycles. The molecule has 0 aliphatic rings. The number of anilines is 1. The molecular weight excluding hydrogens is 580 g/mol. The van der Waals surface area contributed by atoms with Crippen LogP contribution in [0.3, 0.4) is 0 Å². The van der Waals surface area contributed by atoms with Crippen molar-refractivity contribution < 1.29 is 22.4 Å². The van der Waals surface area contributed by atoms with Crippen LogP contribution in [-0.4, -0.2) is 19.3 Å². The Bertz CT molecular complexity index is 1650. The summed E-state index contributed by atoms with van der Waals surface area (Å²) in [5.41, 5.74) is 1.89. The van der Waals surface area contributed by atoms with E-state index in [0.29, 0.717) is 18.2 Å². The Labute approximate surface area is 234 Å². The second-order valence-corrected chi connectivity index (χ2v) is 11.4. The van der Waals surface area contributed by atoms with Crippen molar-refractivity contribution in [3.63, 3.8) is 0 Å². The molecule has 196 valence electrons. The van der Waals surface area contributed by atoms with Gasteiger partial charge < -0.3 is 9.15 Å². The van der Waals surface area contributed by atoms with E-state index in [0.717, 1.165) is 15.6 Å². The first-order chi connectivity index (χ1) is 18.9. The summed E-state index contributed by atoms with van der Waals surface area (Å²) in [6.07, 6.45) is 1.59. The van der Waals surface area contributed by atoms with E-state index in [1.807, 2.05) is 54.6 Å². The van der Waals surface area contributed by atoms with E-state index in [2.05, 4.69) is 20.9 Å². The lowest BCUT2D eigenvalue weighted by Crippen LogP contribution is -2.30. The van der Waals surface area contributed by atoms with Crippen molar-refractivity contribution >= 4 is 37.5 Å². The Morgan fingerprint density at radius 2 is 1.54 bits per heavy atom. The highest BCUT2D eigenvalue weighted by atomic mass is 79.9. The second kappa shape index (κ2) is 11.7. The van der Waals surface area contributed by atoms with Gasteiger partial charge in [-0.15, -0.1) is 0 Å². The van der Waals surface area contributed by atoms with Gasteiger partial charge in [-0.05, 0) is 71.8 Å². The quantitative estimate of drug-likeness (QED) is 0.186. The summed E-state index contributed by atoms with van der Waals surface area (Å²) in [6.45, 7) is 0.632. The molecule has 2 aromatic heterocycles. The summed E-state index contributed by atoms with van der Waals surface area (Å²) in [5.74, 6) is 0.474. The van der Waals surface area contributed by atoms with Gasteiger partial charge >= 0.3 is 0 Å². The SMILES string of the molecule is O=C(c1ccc(S(=O)(=O)c2ccc(Br)cc2)o1)N(Cc1ccc(OCc2ccccc2)cc1)c1ccccn1. The topological polar surface area (TPSA) is 89.7 Å². The number of ether oxygens (including phenoxy) is 1. The van der Waals surface area contributed by atoms with Crippen molar-refractivity contribution in [3.05, 3.63) is 137 Å². The predicted molar refractivity (Wildman–Crippen MR) is 150 cm³/mol. The lowest BCUT2D eigenvalue weighted by molar-refractivity contribution is 0.0952. The minimum atomic E-state index is -3.94. The van der Waals surface area contributed by atoms with Crippen LogP contribution in [0.15, 0.2) is 134 Å². The summed E-state index contributed by atoms with van der Waals surface area (Å²) in [7, 11) is -3.94. The zero-order valence-electron chi connectivity index (χ0n) is 20.6. The van der Waals surface area contributed by atoms with Crippen LogP contribution in [0.5, 0.6) is 5.75 Å². The maximum absolute atomic E-state index is 13.6. The number of nitrogens with zero attached hydrogens (tertiary/aromatic N) is 2. The standard InChI is InChI=1S/C30H23BrN2O5S/c31-24-11-15-26(16-12-24)39(35,36)29-18-17-27(38-29)30(34)33(28-8-4-5-19-32-28)20-22-9-13-25(14-10-22)37-21-23-6-2-1-3-7-23/h1-19H,20-21H2. The number of carbonyl (C=O) groups excluding carboxylic acids is 1. The number of aromatic nitrogens is 1. The van der Waals surface area contributed by atoms with Gasteiger partial charge in [0.2, 0.25) is 14.9 Å². The Balaban J connectivity index is 1.35. The fraction of sp³-hybridized carbons (Fsp3) is 0.0667. The number of benzene rings is 3. The van der Waals surface area contributed by atoms with E-state index in [9.17, 15) is 13.2 Å². The van der Waals surface area contributed by atoms with Gasteiger partial charge in [-0.2, -0.15) is 0 Å². The average molecular weight is 603 g/mol. The first kappa shape index (κ1) is 26.4. The number of carbonyl (C=O) groups is 1. The molecule has 0 fully saturated rings. The van der Waals surface area contributed by atoms with Crippen LogP contribution in [0.25, 0.3) is 0 Å². The van der Waals surface area contributed by atoms with Crippen molar-refractivity contribution in [2.45, 2.75) is 23.1 Å². The zero-order chi connectivity index (χ0) is 27.2. The molecule has 0 aliphatic carbocycles. The molecule has 0 aliphatic heterocycles. The van der Waals surface area contributed by atoms with Gasteiger partial charge in [0, 0.05) is 10.7 Å². The predicted octanol–water partition coefficient (Wildman–Crippen LogP) is 6.70. The highest BCUT2D eigenvalue weighted by molar-refractivity contribution is 9.10. The maximum Gasteiger partial charge on any atom is 0.295 e. The van der Waals surface area contributed by atoms with Gasteiger partial charge in [0.25, 0.3) is 5.91 Å². The zero-order valence-corrected chi connectivity index (χ0v) is 23.0. The minimum Gasteiger partial charge on any atom is -0.489 e. The summed E-state index contributed by atoms with van der Waals surface area (Å²) in [6, 6.07) is 31.4. The highest BCUT2D eigenvalue weighted by Crippen LogP contribution is 2.26. The van der Waals surface area contributed by atoms with Crippen molar-refractivity contribution in [1.29, 1.82) is 0 Å². The number of sulfone groups is 1. The number of halogens is 1. The molecule has 2 heterocycles. The molecular formula is C30H23BrN2O5S. The van der Waals surface area contributed by atoms with Gasteiger partial charge in [-0.3, -0.25) is 9.69 Å². The minimum absolute atomic E-state index is 0.0650. The van der Waals surface area contributed by atoms with Crippen molar-refractivity contribution in [2.24, 2.45) is 0 Å². The van der Waals surface area contributed by atoms with Crippen molar-refractivity contribution in [3.8, 4) is 5.75 Å². The number of hydrogen-bond acceptors (Lipinski definition) is 6. The highest BCUT2D eigenvalue weighted by Gasteiger charge is 2.27. The fourth-order valence-corrected chi connectivity index (χ4v) is 5.26. The smallest absolute Gasteiger partial charge is 0.295 e. The molecule has 5 aromatic rings. The van der Waals surface area contributed by atoms with Gasteiger partial charge in [-0.1, -0.05) is 64.5 Å². The number of amides is 1. The normalized spacial score (nSPS) is 11.2. The Morgan fingerprint density at radius 1 is 0.821 bits per heavy atom. The third kappa shape index (κ3) is 6.27. The lowest BCUT2D eigenvalue weighted by Gasteiger charge is -2.21. The summed E-state index contributed by atoms with van der Waals surface area (Å²) < 4.78 is 38.3. The molecule has 0 radical (unpaired) electrons. The van der Waals surface area contributed by atoms with Gasteiger partial charge in [0.1, 0.15) is 18.2 Å². The van der Waals surface area contributed by atoms with E-state index in [1.54, 1.807) is 36.5 Å². The Kier molecular flexibility index (Phi) is 7.90. The summed E-state index contributed by atoms with van der Waals surface area (Å²) in [4.78, 5) is 19.4. The fourth-order valence-electron chi connectivity index (χ4n) is 3.83. The number of pyridine rings is 1. The molecule has 0 spiro atoms. The molecule has 9 heteroatoms. The molecule has 39 heavy (non-hydrogen) atoms. The van der Waals surface area contributed by atoms with Crippen LogP contribution < -0.4 is 9.64 Å². The van der Waals surface area contributed by atoms with Crippen molar-refractivity contribution in [1.82, 2.24) is 4.98 Å². The van der Waals surface area contributed by atoms with Gasteiger partial charge in [0.05, 0.1) is 11.4 Å². The summed E-state index contributed by atoms with van der Waals surface area (Å²) >= 11 is 3.30. The first-order valence-electron chi connectivity index (χ1n) is 12.0. The number of hydrogen-bond donors (Lipinski definition) is 0. The third-order valence-electron chi connectivity index (χ3n) is 5.86. The van der Waals surface area contributed by atoms with Crippen LogP contribution in [0.1, 0.15) is 21.7 Å². The van der Waals surface area contributed by atoms with Crippen LogP contribution in [0.2, 0.25) is 0 Å². The largest absolute Gasteiger partial charge is 0.489 e. The van der Waals surface area contributed by atoms with Crippen molar-refractivity contribution in [2.75, 3.05) is 4.90 Å². The number of furan rings is 1. The van der Waals surface area contributed by atoms with E-state index >= 15 is 0 Å². The molecule has 0 atom stereocenters. The van der Waals surface area contributed by atoms with Gasteiger partial charge in [-0.25, -0.2) is 13.4 Å². The van der Waals surface area contributed by atoms with Crippen LogP contribution in [0, 0.1) is 0 Å². The number of rotatable bonds is 9. The monoisotopic (exact) mass is 602 g/mol. The van der Waals surface area contributed by atoms with E-state index in [4.69, 9.17) is 9.15 Å². The molecule has 1 amide bonds. The van der Waals surface area contributed by atoms with E-state index in [1.165, 1.54) is 29.2 Å². The van der Waals surface area contributed by atoms with Crippen LogP contribution in [-0.2, 0) is 23.0 Å². The molecule has 7 nitrogen and oxygen atoms in total. The molecule has 0 unspecified atom stereocenters.